The Hall–Kier alpha value is -3.24. The maximum Gasteiger partial charge on any atom is 0.573 e. The summed E-state index contributed by atoms with van der Waals surface area (Å²) < 4.78 is 58.1. The van der Waals surface area contributed by atoms with Crippen LogP contribution in [0.5, 0.6) is 11.8 Å². The van der Waals surface area contributed by atoms with Gasteiger partial charge < -0.3 is 14.8 Å². The number of hydrogen-bond acceptors (Lipinski definition) is 7. The van der Waals surface area contributed by atoms with Crippen LogP contribution in [0, 0.1) is 11.3 Å². The van der Waals surface area contributed by atoms with Gasteiger partial charge in [0.1, 0.15) is 18.1 Å². The number of nitrogens with one attached hydrogen (secondary N) is 2. The standard InChI is InChI=1S/C14H11F4N5O2/c15-9-5-21-13(22-6-9)24-8-11(23-19)7-20-10-2-1-3-12(4-10)25-14(16,17)18/h1-7,19-20H,8H2/b11-7-,23-19?. The van der Waals surface area contributed by atoms with Crippen LogP contribution in [-0.2, 0) is 0 Å². The van der Waals surface area contributed by atoms with E-state index >= 15 is 0 Å². The number of halogens is 4. The van der Waals surface area contributed by atoms with Crippen molar-refractivity contribution in [3.63, 3.8) is 0 Å². The lowest BCUT2D eigenvalue weighted by Gasteiger charge is -2.10. The van der Waals surface area contributed by atoms with Crippen LogP contribution in [0.2, 0.25) is 0 Å². The van der Waals surface area contributed by atoms with Crippen molar-refractivity contribution in [3.8, 4) is 11.8 Å². The molecule has 0 saturated heterocycles. The molecule has 0 aliphatic heterocycles. The van der Waals surface area contributed by atoms with Gasteiger partial charge in [-0.2, -0.15) is 5.11 Å². The first-order chi connectivity index (χ1) is 11.9. The molecule has 132 valence electrons. The number of aromatic nitrogens is 2. The van der Waals surface area contributed by atoms with Crippen molar-refractivity contribution in [1.82, 2.24) is 9.97 Å². The smallest absolute Gasteiger partial charge is 0.457 e. The molecule has 11 heteroatoms. The monoisotopic (exact) mass is 357 g/mol. The Bertz CT molecular complexity index is 750. The molecule has 2 rings (SSSR count). The minimum absolute atomic E-state index is 0.0927. The Morgan fingerprint density at radius 2 is 2.00 bits per heavy atom. The van der Waals surface area contributed by atoms with E-state index in [0.29, 0.717) is 0 Å². The quantitative estimate of drug-likeness (QED) is 0.579. The summed E-state index contributed by atoms with van der Waals surface area (Å²) >= 11 is 0. The van der Waals surface area contributed by atoms with Gasteiger partial charge >= 0.3 is 12.4 Å². The average molecular weight is 357 g/mol. The van der Waals surface area contributed by atoms with Crippen LogP contribution < -0.4 is 14.8 Å². The van der Waals surface area contributed by atoms with Gasteiger partial charge in [0.15, 0.2) is 5.82 Å². The van der Waals surface area contributed by atoms with Gasteiger partial charge in [0.2, 0.25) is 0 Å². The summed E-state index contributed by atoms with van der Waals surface area (Å²) in [6.45, 7) is -0.207. The predicted molar refractivity (Wildman–Crippen MR) is 77.5 cm³/mol. The van der Waals surface area contributed by atoms with E-state index in [0.717, 1.165) is 24.5 Å². The second kappa shape index (κ2) is 8.04. The molecule has 7 nitrogen and oxygen atoms in total. The Morgan fingerprint density at radius 1 is 1.28 bits per heavy atom. The fourth-order valence-corrected chi connectivity index (χ4v) is 1.57. The van der Waals surface area contributed by atoms with Crippen molar-refractivity contribution in [2.75, 3.05) is 11.9 Å². The molecule has 0 amide bonds. The Labute approximate surface area is 138 Å². The third kappa shape index (κ3) is 6.41. The Balaban J connectivity index is 1.97. The van der Waals surface area contributed by atoms with E-state index in [4.69, 9.17) is 10.3 Å². The van der Waals surface area contributed by atoms with Gasteiger partial charge in [-0.25, -0.2) is 19.9 Å². The van der Waals surface area contributed by atoms with Gasteiger partial charge in [0.25, 0.3) is 0 Å². The third-order valence-corrected chi connectivity index (χ3v) is 2.56. The highest BCUT2D eigenvalue weighted by atomic mass is 19.4. The fraction of sp³-hybridized carbons (Fsp3) is 0.143. The van der Waals surface area contributed by atoms with Crippen molar-refractivity contribution in [1.29, 1.82) is 5.53 Å². The average Bonchev–Trinajstić information content (AvgIpc) is 2.55. The van der Waals surface area contributed by atoms with Crippen molar-refractivity contribution in [2.45, 2.75) is 6.36 Å². The molecule has 0 spiro atoms. The topological polar surface area (TPSA) is 92.5 Å². The number of rotatable bonds is 7. The first kappa shape index (κ1) is 18.1. The van der Waals surface area contributed by atoms with Crippen LogP contribution >= 0.6 is 0 Å². The molecule has 0 fully saturated rings. The minimum Gasteiger partial charge on any atom is -0.457 e. The lowest BCUT2D eigenvalue weighted by atomic mass is 10.3. The molecule has 0 saturated carbocycles. The maximum absolute atomic E-state index is 12.7. The number of nitrogens with zero attached hydrogens (tertiary/aromatic N) is 3. The fourth-order valence-electron chi connectivity index (χ4n) is 1.57. The molecule has 1 aromatic carbocycles. The summed E-state index contributed by atoms with van der Waals surface area (Å²) in [5.41, 5.74) is 7.42. The van der Waals surface area contributed by atoms with Gasteiger partial charge in [-0.05, 0) is 12.1 Å². The highest BCUT2D eigenvalue weighted by Gasteiger charge is 2.31. The van der Waals surface area contributed by atoms with Crippen molar-refractivity contribution < 1.29 is 27.0 Å². The van der Waals surface area contributed by atoms with Gasteiger partial charge in [-0.3, -0.25) is 0 Å². The molecular weight excluding hydrogens is 346 g/mol. The lowest BCUT2D eigenvalue weighted by Crippen LogP contribution is -2.17. The molecule has 1 aromatic heterocycles. The first-order valence-corrected chi connectivity index (χ1v) is 6.65. The summed E-state index contributed by atoms with van der Waals surface area (Å²) in [6.07, 6.45) is -1.72. The molecule has 0 aliphatic carbocycles. The van der Waals surface area contributed by atoms with Crippen LogP contribution in [0.4, 0.5) is 23.2 Å². The highest BCUT2D eigenvalue weighted by Crippen LogP contribution is 2.25. The summed E-state index contributed by atoms with van der Waals surface area (Å²) in [7, 11) is 0. The molecule has 1 heterocycles. The van der Waals surface area contributed by atoms with Crippen molar-refractivity contribution in [2.24, 2.45) is 5.11 Å². The van der Waals surface area contributed by atoms with E-state index in [9.17, 15) is 17.6 Å². The SMILES string of the molecule is N=N/C(=C\Nc1cccc(OC(F)(F)F)c1)COc1ncc(F)cn1. The van der Waals surface area contributed by atoms with Gasteiger partial charge in [-0.1, -0.05) is 6.07 Å². The van der Waals surface area contributed by atoms with Crippen molar-refractivity contribution >= 4 is 5.69 Å². The molecule has 0 atom stereocenters. The zero-order chi connectivity index (χ0) is 18.3. The van der Waals surface area contributed by atoms with Gasteiger partial charge in [0, 0.05) is 18.0 Å². The summed E-state index contributed by atoms with van der Waals surface area (Å²) in [4.78, 5) is 7.13. The van der Waals surface area contributed by atoms with Crippen molar-refractivity contribution in [3.05, 3.63) is 54.4 Å². The van der Waals surface area contributed by atoms with E-state index in [1.54, 1.807) is 0 Å². The number of hydrogen-bond donors (Lipinski definition) is 2. The highest BCUT2D eigenvalue weighted by molar-refractivity contribution is 5.50. The van der Waals surface area contributed by atoms with Gasteiger partial charge in [0.05, 0.1) is 12.4 Å². The van der Waals surface area contributed by atoms with Crippen LogP contribution in [0.3, 0.4) is 0 Å². The second-order valence-electron chi connectivity index (χ2n) is 4.44. The summed E-state index contributed by atoms with van der Waals surface area (Å²) in [5, 5.41) is 5.86. The molecule has 0 unspecified atom stereocenters. The van der Waals surface area contributed by atoms with E-state index in [1.165, 1.54) is 18.3 Å². The molecule has 2 aromatic rings. The zero-order valence-electron chi connectivity index (χ0n) is 12.4. The molecule has 0 bridgehead atoms. The Morgan fingerprint density at radius 3 is 2.64 bits per heavy atom. The van der Waals surface area contributed by atoms with E-state index < -0.39 is 17.9 Å². The number of alkyl halides is 3. The Kier molecular flexibility index (Phi) is 5.82. The van der Waals surface area contributed by atoms with Crippen LogP contribution in [0.15, 0.2) is 53.7 Å². The molecule has 25 heavy (non-hydrogen) atoms. The third-order valence-electron chi connectivity index (χ3n) is 2.56. The van der Waals surface area contributed by atoms with E-state index in [2.05, 4.69) is 25.1 Å². The lowest BCUT2D eigenvalue weighted by molar-refractivity contribution is -0.274. The molecule has 0 radical (unpaired) electrons. The second-order valence-corrected chi connectivity index (χ2v) is 4.44. The maximum atomic E-state index is 12.7. The van der Waals surface area contributed by atoms with Crippen LogP contribution in [0.25, 0.3) is 0 Å². The van der Waals surface area contributed by atoms with Gasteiger partial charge in [-0.15, -0.1) is 13.2 Å². The minimum atomic E-state index is -4.79. The predicted octanol–water partition coefficient (Wildman–Crippen LogP) is 3.88. The molecular formula is C14H11F4N5O2. The van der Waals surface area contributed by atoms with Crippen LogP contribution in [0.1, 0.15) is 0 Å². The van der Waals surface area contributed by atoms with Crippen LogP contribution in [-0.4, -0.2) is 22.9 Å². The largest absolute Gasteiger partial charge is 0.573 e. The first-order valence-electron chi connectivity index (χ1n) is 6.65. The van der Waals surface area contributed by atoms with E-state index in [1.807, 2.05) is 0 Å². The number of anilines is 1. The number of ether oxygens (including phenoxy) is 2. The summed E-state index contributed by atoms with van der Waals surface area (Å²) in [5.74, 6) is -1.03. The zero-order valence-corrected chi connectivity index (χ0v) is 12.4. The molecule has 0 aliphatic rings. The van der Waals surface area contributed by atoms with E-state index in [-0.39, 0.29) is 24.0 Å². The summed E-state index contributed by atoms with van der Waals surface area (Å²) in [6, 6.07) is 5.00. The number of benzene rings is 1. The normalized spacial score (nSPS) is 11.8. The molecule has 2 N–H and O–H groups in total.